The fourth-order valence-corrected chi connectivity index (χ4v) is 6.23. The van der Waals surface area contributed by atoms with Crippen LogP contribution in [0.2, 0.25) is 6.82 Å². The zero-order valence-electron chi connectivity index (χ0n) is 17.3. The number of hydrogen-bond acceptors (Lipinski definition) is 7. The van der Waals surface area contributed by atoms with Crippen LogP contribution >= 0.6 is 27.7 Å². The molecule has 0 amide bonds. The lowest BCUT2D eigenvalue weighted by Crippen LogP contribution is -2.51. The third-order valence-electron chi connectivity index (χ3n) is 6.45. The summed E-state index contributed by atoms with van der Waals surface area (Å²) in [4.78, 5) is 17.4. The highest BCUT2D eigenvalue weighted by Crippen LogP contribution is 2.47. The van der Waals surface area contributed by atoms with Gasteiger partial charge in [0.05, 0.1) is 16.5 Å². The topological polar surface area (TPSA) is 66.1 Å². The summed E-state index contributed by atoms with van der Waals surface area (Å²) in [5.41, 5.74) is 1.86. The van der Waals surface area contributed by atoms with Crippen LogP contribution in [0, 0.1) is 12.4 Å². The highest BCUT2D eigenvalue weighted by atomic mass is 79.9. The third kappa shape index (κ3) is 3.35. The van der Waals surface area contributed by atoms with Crippen molar-refractivity contribution in [3.05, 3.63) is 32.8 Å². The van der Waals surface area contributed by atoms with Gasteiger partial charge in [0.1, 0.15) is 11.3 Å². The molecule has 0 aliphatic carbocycles. The van der Waals surface area contributed by atoms with Crippen molar-refractivity contribution < 1.29 is 14.2 Å². The minimum atomic E-state index is -0.486. The summed E-state index contributed by atoms with van der Waals surface area (Å²) < 4.78 is 21.7. The zero-order valence-corrected chi connectivity index (χ0v) is 19.7. The van der Waals surface area contributed by atoms with E-state index in [-0.39, 0.29) is 30.8 Å². The van der Waals surface area contributed by atoms with Crippen molar-refractivity contribution in [3.8, 4) is 0 Å². The van der Waals surface area contributed by atoms with E-state index in [2.05, 4.69) is 35.5 Å². The van der Waals surface area contributed by atoms with Crippen molar-refractivity contribution in [3.63, 3.8) is 0 Å². The first-order valence-electron chi connectivity index (χ1n) is 10.4. The molecule has 1 aromatic heterocycles. The Balaban J connectivity index is 1.72. The van der Waals surface area contributed by atoms with Crippen LogP contribution < -0.4 is 4.90 Å². The van der Waals surface area contributed by atoms with E-state index in [9.17, 15) is 5.02 Å². The molecule has 1 N–H and O–H groups in total. The Kier molecular flexibility index (Phi) is 5.63. The molecular formula is C20H22BBrFN5O2S. The van der Waals surface area contributed by atoms with Gasteiger partial charge in [-0.1, -0.05) is 18.7 Å². The number of aromatic nitrogens is 2. The number of halogens is 2. The first kappa shape index (κ1) is 21.4. The standard InChI is InChI=1S/C20H22BBrFN5O2S/c1-4-31-20-25-18-15(14-12(16(22)17(18)23)9-30-13(14)6-24-3)19(26-20)27-7-11-5-10(27)8-28(11)21(2)29/h10-11,13,29H,4-9H2,1-2H3/t10-,11-,13?/m1/s1. The molecule has 3 atom stereocenters. The van der Waals surface area contributed by atoms with Crippen LogP contribution in [-0.4, -0.2) is 64.3 Å². The van der Waals surface area contributed by atoms with Gasteiger partial charge in [-0.15, -0.1) is 0 Å². The molecule has 1 aromatic carbocycles. The Morgan fingerprint density at radius 3 is 2.84 bits per heavy atom. The van der Waals surface area contributed by atoms with Crippen LogP contribution in [-0.2, 0) is 11.3 Å². The number of ether oxygens (including phenoxy) is 1. The second kappa shape index (κ2) is 8.16. The summed E-state index contributed by atoms with van der Waals surface area (Å²) in [6.45, 7) is 13.1. The Labute approximate surface area is 193 Å². The van der Waals surface area contributed by atoms with Gasteiger partial charge in [0.25, 0.3) is 0 Å². The minimum Gasteiger partial charge on any atom is -0.437 e. The lowest BCUT2D eigenvalue weighted by atomic mass is 9.84. The fourth-order valence-electron chi connectivity index (χ4n) is 5.15. The molecule has 2 aromatic rings. The van der Waals surface area contributed by atoms with E-state index in [1.165, 1.54) is 11.8 Å². The highest BCUT2D eigenvalue weighted by Gasteiger charge is 2.47. The number of nitrogens with zero attached hydrogens (tertiary/aromatic N) is 5. The van der Waals surface area contributed by atoms with Crippen LogP contribution in [0.4, 0.5) is 10.2 Å². The molecule has 4 heterocycles. The van der Waals surface area contributed by atoms with E-state index in [0.717, 1.165) is 42.2 Å². The largest absolute Gasteiger partial charge is 0.437 e. The Hall–Kier alpha value is -1.45. The van der Waals surface area contributed by atoms with Gasteiger partial charge in [0.2, 0.25) is 6.54 Å². The number of fused-ring (bicyclic) bond motifs is 5. The summed E-state index contributed by atoms with van der Waals surface area (Å²) in [6.07, 6.45) is 0.517. The number of piperazine rings is 1. The summed E-state index contributed by atoms with van der Waals surface area (Å²) in [7, 11) is -0.486. The van der Waals surface area contributed by atoms with Crippen molar-refractivity contribution in [2.24, 2.45) is 0 Å². The second-order valence-corrected chi connectivity index (χ2v) is 10.2. The quantitative estimate of drug-likeness (QED) is 0.288. The molecule has 2 bridgehead atoms. The van der Waals surface area contributed by atoms with Gasteiger partial charge >= 0.3 is 7.05 Å². The van der Waals surface area contributed by atoms with E-state index < -0.39 is 19.0 Å². The summed E-state index contributed by atoms with van der Waals surface area (Å²) in [5, 5.41) is 11.3. The van der Waals surface area contributed by atoms with Crippen molar-refractivity contribution >= 4 is 51.5 Å². The SMILES string of the molecule is [C-]#[N+]CC1OCc2c(Br)c(F)c3nc(SCC)nc(N4C[C@H]5C[C@@H]4CN5B(C)O)c3c21. The maximum atomic E-state index is 15.5. The van der Waals surface area contributed by atoms with Gasteiger partial charge in [0.15, 0.2) is 17.1 Å². The number of anilines is 1. The van der Waals surface area contributed by atoms with Crippen LogP contribution in [0.3, 0.4) is 0 Å². The van der Waals surface area contributed by atoms with Crippen molar-refractivity contribution in [2.75, 3.05) is 30.3 Å². The molecule has 0 saturated carbocycles. The Morgan fingerprint density at radius 1 is 1.39 bits per heavy atom. The van der Waals surface area contributed by atoms with Gasteiger partial charge in [-0.25, -0.2) is 20.9 Å². The second-order valence-electron chi connectivity index (χ2n) is 8.17. The summed E-state index contributed by atoms with van der Waals surface area (Å²) in [5.74, 6) is 1.10. The maximum Gasteiger partial charge on any atom is 0.376 e. The van der Waals surface area contributed by atoms with Crippen molar-refractivity contribution in [1.29, 1.82) is 0 Å². The predicted octanol–water partition coefficient (Wildman–Crippen LogP) is 3.51. The maximum absolute atomic E-state index is 15.5. The molecule has 2 saturated heterocycles. The molecule has 3 aliphatic rings. The average Bonchev–Trinajstić information content (AvgIpc) is 3.46. The molecule has 0 radical (unpaired) electrons. The molecule has 162 valence electrons. The average molecular weight is 506 g/mol. The summed E-state index contributed by atoms with van der Waals surface area (Å²) >= 11 is 4.90. The molecule has 1 unspecified atom stereocenters. The molecule has 2 fully saturated rings. The van der Waals surface area contributed by atoms with Gasteiger partial charge in [0, 0.05) is 36.3 Å². The molecular weight excluding hydrogens is 484 g/mol. The van der Waals surface area contributed by atoms with E-state index in [1.807, 2.05) is 6.92 Å². The summed E-state index contributed by atoms with van der Waals surface area (Å²) in [6, 6.07) is 0.432. The monoisotopic (exact) mass is 505 g/mol. The molecule has 7 nitrogen and oxygen atoms in total. The molecule has 0 spiro atoms. The number of hydrogen-bond donors (Lipinski definition) is 1. The van der Waals surface area contributed by atoms with Crippen LogP contribution in [0.5, 0.6) is 0 Å². The molecule has 31 heavy (non-hydrogen) atoms. The third-order valence-corrected chi connectivity index (χ3v) is 8.00. The molecule has 5 rings (SSSR count). The first-order valence-corrected chi connectivity index (χ1v) is 12.2. The normalized spacial score (nSPS) is 24.8. The Morgan fingerprint density at radius 2 is 2.19 bits per heavy atom. The van der Waals surface area contributed by atoms with Crippen LogP contribution in [0.15, 0.2) is 9.63 Å². The lowest BCUT2D eigenvalue weighted by Gasteiger charge is -2.36. The fraction of sp³-hybridized carbons (Fsp3) is 0.550. The minimum absolute atomic E-state index is 0.174. The van der Waals surface area contributed by atoms with E-state index in [1.54, 1.807) is 6.82 Å². The van der Waals surface area contributed by atoms with Crippen molar-refractivity contribution in [2.45, 2.75) is 50.1 Å². The lowest BCUT2D eigenvalue weighted by molar-refractivity contribution is 0.0778. The van der Waals surface area contributed by atoms with Crippen LogP contribution in [0.25, 0.3) is 15.7 Å². The van der Waals surface area contributed by atoms with Gasteiger partial charge in [-0.05, 0) is 34.9 Å². The van der Waals surface area contributed by atoms with Gasteiger partial charge < -0.3 is 24.3 Å². The first-order chi connectivity index (χ1) is 14.9. The molecule has 3 aliphatic heterocycles. The van der Waals surface area contributed by atoms with E-state index >= 15 is 4.39 Å². The number of thioether (sulfide) groups is 1. The molecule has 11 heteroatoms. The Bertz CT molecular complexity index is 1100. The smallest absolute Gasteiger partial charge is 0.376 e. The van der Waals surface area contributed by atoms with Crippen LogP contribution in [0.1, 0.15) is 30.6 Å². The predicted molar refractivity (Wildman–Crippen MR) is 123 cm³/mol. The zero-order chi connectivity index (χ0) is 21.9. The van der Waals surface area contributed by atoms with Gasteiger partial charge in [-0.3, -0.25) is 0 Å². The highest BCUT2D eigenvalue weighted by molar-refractivity contribution is 9.10. The van der Waals surface area contributed by atoms with E-state index in [0.29, 0.717) is 15.0 Å². The van der Waals surface area contributed by atoms with E-state index in [4.69, 9.17) is 16.3 Å². The number of rotatable bonds is 5. The van der Waals surface area contributed by atoms with Crippen molar-refractivity contribution in [1.82, 2.24) is 14.8 Å². The number of benzene rings is 1. The van der Waals surface area contributed by atoms with Gasteiger partial charge in [-0.2, -0.15) is 0 Å².